The standard InChI is InChI=1S/C20H21N3O5S/c1-5-23(20(26)17-7-6-16(29-17)11(2)24)10-18-21-13-9-15(28-4)14(27-3)8-12(13)19(25)22-18/h6-9H,5,10H2,1-4H3,(H,21,22,25). The number of carbonyl (C=O) groups is 2. The zero-order valence-corrected chi connectivity index (χ0v) is 17.4. The molecule has 1 N–H and O–H groups in total. The normalized spacial score (nSPS) is 10.8. The Balaban J connectivity index is 1.93. The fraction of sp³-hybridized carbons (Fsp3) is 0.300. The van der Waals surface area contributed by atoms with Crippen molar-refractivity contribution in [2.24, 2.45) is 0 Å². The van der Waals surface area contributed by atoms with Crippen LogP contribution in [-0.2, 0) is 6.54 Å². The van der Waals surface area contributed by atoms with Crippen LogP contribution in [0.2, 0.25) is 0 Å². The third kappa shape index (κ3) is 4.14. The van der Waals surface area contributed by atoms with Crippen molar-refractivity contribution < 1.29 is 19.1 Å². The predicted octanol–water partition coefficient (Wildman–Crippen LogP) is 2.87. The summed E-state index contributed by atoms with van der Waals surface area (Å²) in [4.78, 5) is 46.6. The van der Waals surface area contributed by atoms with Crippen LogP contribution in [0.4, 0.5) is 0 Å². The summed E-state index contributed by atoms with van der Waals surface area (Å²) in [6.07, 6.45) is 0. The van der Waals surface area contributed by atoms with E-state index in [9.17, 15) is 14.4 Å². The summed E-state index contributed by atoms with van der Waals surface area (Å²) in [6, 6.07) is 6.48. The van der Waals surface area contributed by atoms with Crippen LogP contribution < -0.4 is 15.0 Å². The number of H-pyrrole nitrogens is 1. The molecule has 0 aliphatic carbocycles. The quantitative estimate of drug-likeness (QED) is 0.596. The lowest BCUT2D eigenvalue weighted by Gasteiger charge is -2.19. The first-order valence-corrected chi connectivity index (χ1v) is 9.74. The van der Waals surface area contributed by atoms with Crippen LogP contribution >= 0.6 is 11.3 Å². The zero-order chi connectivity index (χ0) is 21.1. The minimum absolute atomic E-state index is 0.0815. The highest BCUT2D eigenvalue weighted by atomic mass is 32.1. The maximum Gasteiger partial charge on any atom is 0.264 e. The third-order valence-corrected chi connectivity index (χ3v) is 5.61. The van der Waals surface area contributed by atoms with Gasteiger partial charge in [-0.2, -0.15) is 0 Å². The summed E-state index contributed by atoms with van der Waals surface area (Å²) in [5, 5.41) is 0.366. The number of methoxy groups -OCH3 is 2. The van der Waals surface area contributed by atoms with Gasteiger partial charge in [0.15, 0.2) is 17.3 Å². The Hall–Kier alpha value is -3.20. The van der Waals surface area contributed by atoms with Gasteiger partial charge in [0, 0.05) is 12.6 Å². The van der Waals surface area contributed by atoms with Gasteiger partial charge < -0.3 is 19.4 Å². The zero-order valence-electron chi connectivity index (χ0n) is 16.6. The number of fused-ring (bicyclic) bond motifs is 1. The Morgan fingerprint density at radius 1 is 1.14 bits per heavy atom. The summed E-state index contributed by atoms with van der Waals surface area (Å²) in [7, 11) is 3.00. The summed E-state index contributed by atoms with van der Waals surface area (Å²) in [5.41, 5.74) is 0.115. The average molecular weight is 415 g/mol. The molecule has 1 aromatic carbocycles. The number of benzene rings is 1. The molecule has 9 heteroatoms. The van der Waals surface area contributed by atoms with Crippen molar-refractivity contribution in [3.63, 3.8) is 0 Å². The molecule has 0 aliphatic rings. The van der Waals surface area contributed by atoms with Crippen LogP contribution in [0, 0.1) is 0 Å². The summed E-state index contributed by atoms with van der Waals surface area (Å²) < 4.78 is 10.5. The first kappa shape index (κ1) is 20.5. The largest absolute Gasteiger partial charge is 0.493 e. The number of aromatic nitrogens is 2. The van der Waals surface area contributed by atoms with Gasteiger partial charge in [-0.3, -0.25) is 14.4 Å². The summed E-state index contributed by atoms with van der Waals surface area (Å²) >= 11 is 1.15. The van der Waals surface area contributed by atoms with Gasteiger partial charge in [-0.25, -0.2) is 4.98 Å². The summed E-state index contributed by atoms with van der Waals surface area (Å²) in [5.74, 6) is 0.947. The van der Waals surface area contributed by atoms with Crippen LogP contribution in [0.1, 0.15) is 39.0 Å². The molecule has 3 aromatic rings. The van der Waals surface area contributed by atoms with E-state index in [1.807, 2.05) is 6.92 Å². The molecule has 0 saturated heterocycles. The topological polar surface area (TPSA) is 102 Å². The number of thiophene rings is 1. The smallest absolute Gasteiger partial charge is 0.264 e. The second-order valence-corrected chi connectivity index (χ2v) is 7.36. The minimum Gasteiger partial charge on any atom is -0.493 e. The van der Waals surface area contributed by atoms with Gasteiger partial charge in [0.25, 0.3) is 11.5 Å². The van der Waals surface area contributed by atoms with Gasteiger partial charge in [0.05, 0.1) is 41.4 Å². The number of hydrogen-bond donors (Lipinski definition) is 1. The lowest BCUT2D eigenvalue weighted by atomic mass is 10.2. The Bertz CT molecular complexity index is 1130. The van der Waals surface area contributed by atoms with Crippen molar-refractivity contribution in [3.05, 3.63) is 50.2 Å². The molecule has 29 heavy (non-hydrogen) atoms. The number of carbonyl (C=O) groups excluding carboxylic acids is 2. The van der Waals surface area contributed by atoms with Gasteiger partial charge in [-0.15, -0.1) is 11.3 Å². The molecule has 0 radical (unpaired) electrons. The lowest BCUT2D eigenvalue weighted by molar-refractivity contribution is 0.0753. The number of amides is 1. The van der Waals surface area contributed by atoms with E-state index >= 15 is 0 Å². The Morgan fingerprint density at radius 3 is 2.38 bits per heavy atom. The number of ketones is 1. The van der Waals surface area contributed by atoms with Crippen molar-refractivity contribution in [3.8, 4) is 11.5 Å². The van der Waals surface area contributed by atoms with Crippen molar-refractivity contribution in [1.29, 1.82) is 0 Å². The number of nitrogens with one attached hydrogen (secondary N) is 1. The van der Waals surface area contributed by atoms with E-state index in [-0.39, 0.29) is 23.8 Å². The number of rotatable bonds is 7. The van der Waals surface area contributed by atoms with Crippen LogP contribution in [-0.4, -0.2) is 47.3 Å². The molecule has 2 heterocycles. The van der Waals surface area contributed by atoms with Crippen LogP contribution in [0.3, 0.4) is 0 Å². The predicted molar refractivity (Wildman–Crippen MR) is 110 cm³/mol. The SMILES string of the molecule is CCN(Cc1nc2cc(OC)c(OC)cc2c(=O)[nH]1)C(=O)c1ccc(C(C)=O)s1. The molecule has 0 aliphatic heterocycles. The molecule has 0 spiro atoms. The average Bonchev–Trinajstić information content (AvgIpc) is 3.21. The van der Waals surface area contributed by atoms with Crippen LogP contribution in [0.5, 0.6) is 11.5 Å². The second kappa shape index (κ2) is 8.44. The first-order chi connectivity index (χ1) is 13.9. The number of nitrogens with zero attached hydrogens (tertiary/aromatic N) is 2. The Morgan fingerprint density at radius 2 is 1.79 bits per heavy atom. The van der Waals surface area contributed by atoms with E-state index in [4.69, 9.17) is 9.47 Å². The molecule has 0 atom stereocenters. The Labute approximate surface area is 171 Å². The number of Topliss-reactive ketones (excluding diaryl/α,β-unsaturated/α-hetero) is 1. The van der Waals surface area contributed by atoms with Gasteiger partial charge >= 0.3 is 0 Å². The molecule has 0 unspecified atom stereocenters. The first-order valence-electron chi connectivity index (χ1n) is 8.92. The van der Waals surface area contributed by atoms with Crippen molar-refractivity contribution in [2.45, 2.75) is 20.4 Å². The molecule has 152 valence electrons. The number of ether oxygens (including phenoxy) is 2. The van der Waals surface area contributed by atoms with E-state index in [0.717, 1.165) is 11.3 Å². The van der Waals surface area contributed by atoms with Gasteiger partial charge in [-0.05, 0) is 32.0 Å². The van der Waals surface area contributed by atoms with Crippen molar-refractivity contribution in [1.82, 2.24) is 14.9 Å². The molecular formula is C20H21N3O5S. The monoisotopic (exact) mass is 415 g/mol. The lowest BCUT2D eigenvalue weighted by Crippen LogP contribution is -2.31. The van der Waals surface area contributed by atoms with E-state index < -0.39 is 0 Å². The maximum atomic E-state index is 12.8. The molecule has 0 saturated carbocycles. The number of hydrogen-bond acceptors (Lipinski definition) is 7. The third-order valence-electron chi connectivity index (χ3n) is 4.43. The Kier molecular flexibility index (Phi) is 5.97. The van der Waals surface area contributed by atoms with Crippen LogP contribution in [0.15, 0.2) is 29.1 Å². The summed E-state index contributed by atoms with van der Waals surface area (Å²) in [6.45, 7) is 3.84. The van der Waals surface area contributed by atoms with Crippen molar-refractivity contribution >= 4 is 33.9 Å². The molecule has 0 bridgehead atoms. The molecule has 8 nitrogen and oxygen atoms in total. The van der Waals surface area contributed by atoms with E-state index in [1.54, 1.807) is 29.2 Å². The highest BCUT2D eigenvalue weighted by Crippen LogP contribution is 2.30. The maximum absolute atomic E-state index is 12.8. The van der Waals surface area contributed by atoms with E-state index in [2.05, 4.69) is 9.97 Å². The molecule has 0 fully saturated rings. The van der Waals surface area contributed by atoms with Gasteiger partial charge in [0.1, 0.15) is 5.82 Å². The number of aromatic amines is 1. The minimum atomic E-state index is -0.329. The molecule has 1 amide bonds. The highest BCUT2D eigenvalue weighted by molar-refractivity contribution is 7.15. The van der Waals surface area contributed by atoms with E-state index in [1.165, 1.54) is 21.1 Å². The molecular weight excluding hydrogens is 394 g/mol. The van der Waals surface area contributed by atoms with Crippen molar-refractivity contribution in [2.75, 3.05) is 20.8 Å². The fourth-order valence-corrected chi connectivity index (χ4v) is 3.76. The highest BCUT2D eigenvalue weighted by Gasteiger charge is 2.19. The van der Waals surface area contributed by atoms with Crippen LogP contribution in [0.25, 0.3) is 10.9 Å². The van der Waals surface area contributed by atoms with E-state index in [0.29, 0.717) is 44.5 Å². The fourth-order valence-electron chi connectivity index (χ4n) is 2.90. The second-order valence-electron chi connectivity index (χ2n) is 6.28. The molecule has 3 rings (SSSR count). The van der Waals surface area contributed by atoms with Gasteiger partial charge in [-0.1, -0.05) is 0 Å². The van der Waals surface area contributed by atoms with Gasteiger partial charge in [0.2, 0.25) is 0 Å². The molecule has 2 aromatic heterocycles.